The van der Waals surface area contributed by atoms with E-state index >= 15 is 0 Å². The first-order chi connectivity index (χ1) is 13.5. The number of aromatic nitrogens is 2. The third-order valence-corrected chi connectivity index (χ3v) is 4.23. The van der Waals surface area contributed by atoms with Crippen molar-refractivity contribution in [3.8, 4) is 5.75 Å². The van der Waals surface area contributed by atoms with Crippen molar-refractivity contribution in [3.63, 3.8) is 0 Å². The fourth-order valence-electron chi connectivity index (χ4n) is 2.83. The first-order valence-corrected chi connectivity index (χ1v) is 8.56. The molecule has 8 nitrogen and oxygen atoms in total. The summed E-state index contributed by atoms with van der Waals surface area (Å²) in [5, 5.41) is 5.47. The van der Waals surface area contributed by atoms with Crippen LogP contribution in [-0.2, 0) is 7.05 Å². The molecule has 4 N–H and O–H groups in total. The van der Waals surface area contributed by atoms with Crippen molar-refractivity contribution in [2.75, 3.05) is 12.4 Å². The van der Waals surface area contributed by atoms with Gasteiger partial charge >= 0.3 is 6.03 Å². The van der Waals surface area contributed by atoms with E-state index in [2.05, 4.69) is 15.6 Å². The zero-order valence-corrected chi connectivity index (χ0v) is 15.5. The minimum absolute atomic E-state index is 0.276. The van der Waals surface area contributed by atoms with Gasteiger partial charge in [0, 0.05) is 30.7 Å². The fourth-order valence-corrected chi connectivity index (χ4v) is 2.83. The van der Waals surface area contributed by atoms with Gasteiger partial charge in [0.15, 0.2) is 0 Å². The second kappa shape index (κ2) is 8.26. The maximum absolute atomic E-state index is 12.8. The zero-order valence-electron chi connectivity index (χ0n) is 15.5. The number of benzene rings is 2. The number of nitrogens with zero attached hydrogens (tertiary/aromatic N) is 2. The lowest BCUT2D eigenvalue weighted by atomic mass is 10.0. The van der Waals surface area contributed by atoms with Gasteiger partial charge in [0.2, 0.25) is 0 Å². The lowest BCUT2D eigenvalue weighted by Gasteiger charge is -2.20. The average Bonchev–Trinajstić information content (AvgIpc) is 3.11. The summed E-state index contributed by atoms with van der Waals surface area (Å²) in [4.78, 5) is 28.1. The largest absolute Gasteiger partial charge is 0.497 e. The van der Waals surface area contributed by atoms with Crippen molar-refractivity contribution >= 4 is 17.6 Å². The molecule has 1 aromatic heterocycles. The van der Waals surface area contributed by atoms with E-state index in [0.717, 1.165) is 5.56 Å². The summed E-state index contributed by atoms with van der Waals surface area (Å²) in [6, 6.07) is 12.8. The average molecular weight is 379 g/mol. The molecule has 3 rings (SSSR count). The molecule has 0 saturated carbocycles. The smallest absolute Gasteiger partial charge is 0.316 e. The number of nitrogens with two attached hydrogens (primary N) is 1. The lowest BCUT2D eigenvalue weighted by molar-refractivity contribution is 0.0941. The Kier molecular flexibility index (Phi) is 5.59. The second-order valence-electron chi connectivity index (χ2n) is 6.15. The van der Waals surface area contributed by atoms with E-state index in [0.29, 0.717) is 22.8 Å². The summed E-state index contributed by atoms with van der Waals surface area (Å²) in [6.45, 7) is 0. The number of ether oxygens (including phenoxy) is 1. The molecule has 3 aromatic rings. The number of imidazole rings is 1. The monoisotopic (exact) mass is 379 g/mol. The van der Waals surface area contributed by atoms with E-state index in [9.17, 15) is 9.59 Å². The van der Waals surface area contributed by atoms with Gasteiger partial charge in [-0.1, -0.05) is 12.1 Å². The number of carbonyl (C=O) groups is 2. The molecule has 144 valence electrons. The molecule has 0 spiro atoms. The number of primary amides is 1. The summed E-state index contributed by atoms with van der Waals surface area (Å²) in [7, 11) is 3.46. The predicted molar refractivity (Wildman–Crippen MR) is 105 cm³/mol. The lowest BCUT2D eigenvalue weighted by Crippen LogP contribution is -2.31. The molecule has 3 amide bonds. The maximum atomic E-state index is 12.8. The van der Waals surface area contributed by atoms with E-state index in [1.165, 1.54) is 0 Å². The molecule has 1 unspecified atom stereocenters. The van der Waals surface area contributed by atoms with Crippen molar-refractivity contribution in [3.05, 3.63) is 77.9 Å². The van der Waals surface area contributed by atoms with Crippen LogP contribution in [0.5, 0.6) is 5.75 Å². The molecular formula is C20H21N5O3. The molecule has 1 atom stereocenters. The van der Waals surface area contributed by atoms with Gasteiger partial charge in [0.05, 0.1) is 7.11 Å². The van der Waals surface area contributed by atoms with Crippen LogP contribution in [0.4, 0.5) is 10.5 Å². The van der Waals surface area contributed by atoms with Crippen molar-refractivity contribution < 1.29 is 14.3 Å². The van der Waals surface area contributed by atoms with E-state index in [4.69, 9.17) is 10.5 Å². The number of hydrogen-bond acceptors (Lipinski definition) is 4. The third kappa shape index (κ3) is 4.29. The minimum Gasteiger partial charge on any atom is -0.497 e. The topological polar surface area (TPSA) is 111 Å². The maximum Gasteiger partial charge on any atom is 0.316 e. The van der Waals surface area contributed by atoms with Gasteiger partial charge in [-0.25, -0.2) is 9.78 Å². The Hall–Kier alpha value is -3.81. The summed E-state index contributed by atoms with van der Waals surface area (Å²) in [6.07, 6.45) is 3.50. The van der Waals surface area contributed by atoms with Crippen LogP contribution in [-0.4, -0.2) is 28.6 Å². The number of nitrogens with one attached hydrogen (secondary N) is 2. The highest BCUT2D eigenvalue weighted by Crippen LogP contribution is 2.24. The van der Waals surface area contributed by atoms with E-state index in [1.807, 2.05) is 42.1 Å². The molecule has 28 heavy (non-hydrogen) atoms. The molecular weight excluding hydrogens is 358 g/mol. The summed E-state index contributed by atoms with van der Waals surface area (Å²) in [5.41, 5.74) is 6.89. The number of rotatable bonds is 6. The SMILES string of the molecule is COc1cccc(C(NC(=O)c2ccc(NC(N)=O)cc2)c2nccn2C)c1. The Morgan fingerprint density at radius 1 is 1.18 bits per heavy atom. The first-order valence-electron chi connectivity index (χ1n) is 8.56. The van der Waals surface area contributed by atoms with Crippen molar-refractivity contribution in [2.24, 2.45) is 12.8 Å². The summed E-state index contributed by atoms with van der Waals surface area (Å²) < 4.78 is 7.15. The minimum atomic E-state index is -0.662. The van der Waals surface area contributed by atoms with Gasteiger partial charge in [-0.3, -0.25) is 4.79 Å². The number of methoxy groups -OCH3 is 1. The molecule has 0 bridgehead atoms. The molecule has 2 aromatic carbocycles. The van der Waals surface area contributed by atoms with E-state index in [-0.39, 0.29) is 5.91 Å². The number of urea groups is 1. The van der Waals surface area contributed by atoms with E-state index in [1.54, 1.807) is 37.6 Å². The van der Waals surface area contributed by atoms with Crippen LogP contribution in [0, 0.1) is 0 Å². The zero-order chi connectivity index (χ0) is 20.1. The van der Waals surface area contributed by atoms with Gasteiger partial charge in [0.25, 0.3) is 5.91 Å². The fraction of sp³-hybridized carbons (Fsp3) is 0.150. The standard InChI is InChI=1S/C20H21N5O3/c1-25-11-10-22-18(25)17(14-4-3-5-16(12-14)28-2)24-19(26)13-6-8-15(9-7-13)23-20(21)27/h3-12,17H,1-2H3,(H,24,26)(H3,21,23,27). The molecule has 0 aliphatic heterocycles. The van der Waals surface area contributed by atoms with Crippen molar-refractivity contribution in [1.82, 2.24) is 14.9 Å². The summed E-state index contributed by atoms with van der Waals surface area (Å²) in [5.74, 6) is 1.10. The third-order valence-electron chi connectivity index (χ3n) is 4.23. The van der Waals surface area contributed by atoms with E-state index < -0.39 is 12.1 Å². The highest BCUT2D eigenvalue weighted by Gasteiger charge is 2.22. The highest BCUT2D eigenvalue weighted by molar-refractivity contribution is 5.95. The molecule has 0 radical (unpaired) electrons. The molecule has 8 heteroatoms. The number of anilines is 1. The number of carbonyl (C=O) groups excluding carboxylic acids is 2. The number of hydrogen-bond donors (Lipinski definition) is 3. The second-order valence-corrected chi connectivity index (χ2v) is 6.15. The highest BCUT2D eigenvalue weighted by atomic mass is 16.5. The Balaban J connectivity index is 1.88. The van der Waals surface area contributed by atoms with Crippen LogP contribution in [0.1, 0.15) is 27.8 Å². The van der Waals surface area contributed by atoms with Crippen LogP contribution >= 0.6 is 0 Å². The van der Waals surface area contributed by atoms with Crippen LogP contribution in [0.3, 0.4) is 0 Å². The molecule has 0 fully saturated rings. The van der Waals surface area contributed by atoms with Crippen LogP contribution in [0.15, 0.2) is 60.9 Å². The Labute approximate surface area is 162 Å². The predicted octanol–water partition coefficient (Wildman–Crippen LogP) is 2.44. The molecule has 0 saturated heterocycles. The van der Waals surface area contributed by atoms with Gasteiger partial charge in [-0.2, -0.15) is 0 Å². The Morgan fingerprint density at radius 3 is 2.54 bits per heavy atom. The van der Waals surface area contributed by atoms with Gasteiger partial charge < -0.3 is 25.7 Å². The number of amides is 3. The van der Waals surface area contributed by atoms with Crippen molar-refractivity contribution in [2.45, 2.75) is 6.04 Å². The quantitative estimate of drug-likeness (QED) is 0.611. The Bertz CT molecular complexity index is 982. The van der Waals surface area contributed by atoms with Crippen LogP contribution in [0.25, 0.3) is 0 Å². The van der Waals surface area contributed by atoms with Gasteiger partial charge in [0.1, 0.15) is 17.6 Å². The molecule has 0 aliphatic carbocycles. The van der Waals surface area contributed by atoms with Gasteiger partial charge in [-0.15, -0.1) is 0 Å². The molecule has 0 aliphatic rings. The van der Waals surface area contributed by atoms with Gasteiger partial charge in [-0.05, 0) is 42.0 Å². The normalized spacial score (nSPS) is 11.5. The molecule has 1 heterocycles. The van der Waals surface area contributed by atoms with Crippen LogP contribution in [0.2, 0.25) is 0 Å². The van der Waals surface area contributed by atoms with Crippen LogP contribution < -0.4 is 21.1 Å². The summed E-state index contributed by atoms with van der Waals surface area (Å²) >= 11 is 0. The van der Waals surface area contributed by atoms with Crippen molar-refractivity contribution in [1.29, 1.82) is 0 Å². The Morgan fingerprint density at radius 2 is 1.93 bits per heavy atom. The number of aryl methyl sites for hydroxylation is 1. The first kappa shape index (κ1) is 19.0.